The van der Waals surface area contributed by atoms with E-state index in [2.05, 4.69) is 15.3 Å². The lowest BCUT2D eigenvalue weighted by Gasteiger charge is -2.36. The van der Waals surface area contributed by atoms with Crippen molar-refractivity contribution in [1.82, 2.24) is 9.97 Å². The Balaban J connectivity index is 1.59. The number of anilines is 4. The van der Waals surface area contributed by atoms with Crippen LogP contribution in [0.2, 0.25) is 0 Å². The van der Waals surface area contributed by atoms with E-state index >= 15 is 0 Å². The number of rotatable bonds is 5. The van der Waals surface area contributed by atoms with Crippen LogP contribution in [-0.4, -0.2) is 41.1 Å². The number of aromatic nitrogens is 2. The fraction of sp³-hybridized carbons (Fsp3) is 0.273. The summed E-state index contributed by atoms with van der Waals surface area (Å²) in [6, 6.07) is 12.4. The lowest BCUT2D eigenvalue weighted by molar-refractivity contribution is -0.383. The fourth-order valence-electron chi connectivity index (χ4n) is 3.74. The highest BCUT2D eigenvalue weighted by atomic mass is 19.1. The molecule has 0 radical (unpaired) electrons. The zero-order valence-corrected chi connectivity index (χ0v) is 17.4. The predicted molar refractivity (Wildman–Crippen MR) is 119 cm³/mol. The molecule has 0 amide bonds. The maximum Gasteiger partial charge on any atom is 0.353 e. The number of hydrogen-bond acceptors (Lipinski definition) is 7. The van der Waals surface area contributed by atoms with E-state index in [1.807, 2.05) is 41.8 Å². The molecular weight excluding hydrogens is 399 g/mol. The van der Waals surface area contributed by atoms with Crippen molar-refractivity contribution in [2.75, 3.05) is 41.3 Å². The van der Waals surface area contributed by atoms with Gasteiger partial charge in [-0.2, -0.15) is 0 Å². The van der Waals surface area contributed by atoms with Crippen molar-refractivity contribution in [2.45, 2.75) is 13.8 Å². The van der Waals surface area contributed by atoms with Gasteiger partial charge >= 0.3 is 5.69 Å². The Kier molecular flexibility index (Phi) is 5.66. The van der Waals surface area contributed by atoms with Gasteiger partial charge in [0.15, 0.2) is 0 Å². The molecule has 1 N–H and O–H groups in total. The van der Waals surface area contributed by atoms with Crippen LogP contribution in [0.25, 0.3) is 0 Å². The van der Waals surface area contributed by atoms with E-state index < -0.39 is 4.92 Å². The van der Waals surface area contributed by atoms with Crippen LogP contribution in [0, 0.1) is 29.8 Å². The molecule has 160 valence electrons. The lowest BCUT2D eigenvalue weighted by Crippen LogP contribution is -2.47. The van der Waals surface area contributed by atoms with E-state index in [4.69, 9.17) is 0 Å². The van der Waals surface area contributed by atoms with Crippen molar-refractivity contribution in [1.29, 1.82) is 0 Å². The molecule has 3 aromatic rings. The van der Waals surface area contributed by atoms with E-state index in [1.54, 1.807) is 18.2 Å². The summed E-state index contributed by atoms with van der Waals surface area (Å²) < 4.78 is 14.1. The molecule has 2 aromatic carbocycles. The SMILES string of the molecule is Cc1cccc(Nc2ncnc(N3CCN(c4ccccc4F)CC3)c2[N+](=O)[O-])c1C. The van der Waals surface area contributed by atoms with Gasteiger partial charge in [-0.3, -0.25) is 10.1 Å². The molecule has 0 aliphatic carbocycles. The van der Waals surface area contributed by atoms with Crippen molar-refractivity contribution >= 4 is 28.7 Å². The van der Waals surface area contributed by atoms with Gasteiger partial charge in [-0.05, 0) is 43.2 Å². The van der Waals surface area contributed by atoms with Crippen LogP contribution in [-0.2, 0) is 0 Å². The fourth-order valence-corrected chi connectivity index (χ4v) is 3.74. The summed E-state index contributed by atoms with van der Waals surface area (Å²) in [5.41, 5.74) is 3.21. The third-order valence-corrected chi connectivity index (χ3v) is 5.62. The zero-order valence-electron chi connectivity index (χ0n) is 17.4. The largest absolute Gasteiger partial charge is 0.366 e. The van der Waals surface area contributed by atoms with Crippen LogP contribution in [0.5, 0.6) is 0 Å². The van der Waals surface area contributed by atoms with Crippen molar-refractivity contribution in [3.8, 4) is 0 Å². The number of para-hydroxylation sites is 1. The lowest BCUT2D eigenvalue weighted by atomic mass is 10.1. The Bertz CT molecular complexity index is 1110. The molecule has 8 nitrogen and oxygen atoms in total. The molecule has 31 heavy (non-hydrogen) atoms. The average Bonchev–Trinajstić information content (AvgIpc) is 2.77. The summed E-state index contributed by atoms with van der Waals surface area (Å²) >= 11 is 0. The quantitative estimate of drug-likeness (QED) is 0.487. The van der Waals surface area contributed by atoms with E-state index in [-0.39, 0.29) is 23.1 Å². The highest BCUT2D eigenvalue weighted by Gasteiger charge is 2.30. The van der Waals surface area contributed by atoms with Crippen molar-refractivity contribution in [3.05, 3.63) is 75.9 Å². The predicted octanol–water partition coefficient (Wildman–Crippen LogP) is 4.21. The summed E-state index contributed by atoms with van der Waals surface area (Å²) in [6.07, 6.45) is 1.33. The second-order valence-corrected chi connectivity index (χ2v) is 7.45. The Morgan fingerprint density at radius 1 is 1.00 bits per heavy atom. The summed E-state index contributed by atoms with van der Waals surface area (Å²) in [7, 11) is 0. The molecule has 1 aromatic heterocycles. The Morgan fingerprint density at radius 3 is 2.42 bits per heavy atom. The van der Waals surface area contributed by atoms with Gasteiger partial charge in [-0.15, -0.1) is 0 Å². The van der Waals surface area contributed by atoms with E-state index in [9.17, 15) is 14.5 Å². The number of nitrogens with zero attached hydrogens (tertiary/aromatic N) is 5. The number of benzene rings is 2. The van der Waals surface area contributed by atoms with Gasteiger partial charge in [0.1, 0.15) is 12.1 Å². The third kappa shape index (κ3) is 4.11. The van der Waals surface area contributed by atoms with Gasteiger partial charge in [-0.1, -0.05) is 24.3 Å². The molecule has 1 fully saturated rings. The molecule has 0 atom stereocenters. The van der Waals surface area contributed by atoms with Crippen molar-refractivity contribution in [2.24, 2.45) is 0 Å². The van der Waals surface area contributed by atoms with E-state index in [0.29, 0.717) is 31.9 Å². The maximum absolute atomic E-state index is 14.1. The van der Waals surface area contributed by atoms with Gasteiger partial charge in [0.2, 0.25) is 11.6 Å². The molecule has 0 saturated carbocycles. The normalized spacial score (nSPS) is 13.9. The van der Waals surface area contributed by atoms with Crippen LogP contribution < -0.4 is 15.1 Å². The van der Waals surface area contributed by atoms with E-state index in [0.717, 1.165) is 16.8 Å². The zero-order chi connectivity index (χ0) is 22.0. The van der Waals surface area contributed by atoms with Gasteiger partial charge in [0.05, 0.1) is 10.6 Å². The number of piperazine rings is 1. The Morgan fingerprint density at radius 2 is 1.71 bits per heavy atom. The molecule has 1 aliphatic rings. The summed E-state index contributed by atoms with van der Waals surface area (Å²) in [6.45, 7) is 5.96. The first-order chi connectivity index (χ1) is 15.0. The molecule has 1 saturated heterocycles. The van der Waals surface area contributed by atoms with Gasteiger partial charge < -0.3 is 15.1 Å². The molecule has 0 spiro atoms. The van der Waals surface area contributed by atoms with Crippen molar-refractivity contribution in [3.63, 3.8) is 0 Å². The summed E-state index contributed by atoms with van der Waals surface area (Å²) in [5, 5.41) is 15.1. The average molecular weight is 422 g/mol. The second kappa shape index (κ2) is 8.55. The summed E-state index contributed by atoms with van der Waals surface area (Å²) in [4.78, 5) is 23.7. The maximum atomic E-state index is 14.1. The van der Waals surface area contributed by atoms with Crippen LogP contribution in [0.1, 0.15) is 11.1 Å². The van der Waals surface area contributed by atoms with Gasteiger partial charge in [0, 0.05) is 31.9 Å². The van der Waals surface area contributed by atoms with Crippen LogP contribution in [0.15, 0.2) is 48.8 Å². The molecule has 2 heterocycles. The number of aryl methyl sites for hydroxylation is 1. The van der Waals surface area contributed by atoms with E-state index in [1.165, 1.54) is 12.4 Å². The molecule has 0 bridgehead atoms. The molecular formula is C22H23FN6O2. The molecule has 9 heteroatoms. The number of nitro groups is 1. The standard InChI is InChI=1S/C22H23FN6O2/c1-15-6-5-8-18(16(15)2)26-21-20(29(30)31)22(25-14-24-21)28-12-10-27(11-13-28)19-9-4-3-7-17(19)23/h3-9,14H,10-13H2,1-2H3,(H,24,25,26). The highest BCUT2D eigenvalue weighted by molar-refractivity contribution is 5.76. The molecule has 1 aliphatic heterocycles. The minimum absolute atomic E-state index is 0.153. The number of hydrogen-bond donors (Lipinski definition) is 1. The van der Waals surface area contributed by atoms with Gasteiger partial charge in [0.25, 0.3) is 0 Å². The summed E-state index contributed by atoms with van der Waals surface area (Å²) in [5.74, 6) is 0.144. The second-order valence-electron chi connectivity index (χ2n) is 7.45. The van der Waals surface area contributed by atoms with Crippen molar-refractivity contribution < 1.29 is 9.31 Å². The first kappa shape index (κ1) is 20.5. The Hall–Kier alpha value is -3.75. The minimum Gasteiger partial charge on any atom is -0.366 e. The highest BCUT2D eigenvalue weighted by Crippen LogP contribution is 2.35. The minimum atomic E-state index is -0.452. The smallest absolute Gasteiger partial charge is 0.353 e. The van der Waals surface area contributed by atoms with Gasteiger partial charge in [-0.25, -0.2) is 14.4 Å². The monoisotopic (exact) mass is 422 g/mol. The number of halogens is 1. The van der Waals surface area contributed by atoms with Crippen LogP contribution in [0.3, 0.4) is 0 Å². The first-order valence-corrected chi connectivity index (χ1v) is 10.0. The molecule has 0 unspecified atom stereocenters. The topological polar surface area (TPSA) is 87.4 Å². The van der Waals surface area contributed by atoms with Crippen LogP contribution >= 0.6 is 0 Å². The first-order valence-electron chi connectivity index (χ1n) is 10.0. The van der Waals surface area contributed by atoms with Crippen LogP contribution in [0.4, 0.5) is 33.1 Å². The Labute approximate surface area is 179 Å². The molecule has 4 rings (SSSR count). The third-order valence-electron chi connectivity index (χ3n) is 5.62. The number of nitrogens with one attached hydrogen (secondary N) is 1.